The molecule has 0 aromatic carbocycles. The van der Waals surface area contributed by atoms with Crippen molar-refractivity contribution in [1.82, 2.24) is 15.3 Å². The lowest BCUT2D eigenvalue weighted by molar-refractivity contribution is -0.138. The van der Waals surface area contributed by atoms with Gasteiger partial charge < -0.3 is 5.32 Å². The van der Waals surface area contributed by atoms with Gasteiger partial charge >= 0.3 is 6.18 Å². The Balaban J connectivity index is 2.11. The second-order valence-electron chi connectivity index (χ2n) is 5.06. The van der Waals surface area contributed by atoms with Gasteiger partial charge in [-0.05, 0) is 25.0 Å². The van der Waals surface area contributed by atoms with Crippen molar-refractivity contribution in [3.63, 3.8) is 0 Å². The summed E-state index contributed by atoms with van der Waals surface area (Å²) < 4.78 is 38.8. The third-order valence-electron chi connectivity index (χ3n) is 3.24. The summed E-state index contributed by atoms with van der Waals surface area (Å²) in [7, 11) is 0. The van der Waals surface area contributed by atoms with E-state index >= 15 is 0 Å². The van der Waals surface area contributed by atoms with Crippen LogP contribution in [-0.4, -0.2) is 15.9 Å². The van der Waals surface area contributed by atoms with Crippen LogP contribution in [0, 0.1) is 6.92 Å². The molecule has 1 N–H and O–H groups in total. The number of aromatic nitrogens is 2. The maximum absolute atomic E-state index is 12.9. The van der Waals surface area contributed by atoms with Crippen molar-refractivity contribution in [3.05, 3.63) is 45.7 Å². The number of hydrogen-bond acceptors (Lipinski definition) is 4. The topological polar surface area (TPSA) is 54.9 Å². The van der Waals surface area contributed by atoms with E-state index in [2.05, 4.69) is 15.3 Å². The van der Waals surface area contributed by atoms with Crippen LogP contribution in [0.1, 0.15) is 41.2 Å². The van der Waals surface area contributed by atoms with Gasteiger partial charge in [0, 0.05) is 23.5 Å². The average Bonchev–Trinajstić information content (AvgIpc) is 2.90. The SMILES string of the molecule is CCC(NC(=O)Cc1cnccc1C(F)(F)F)c1nc(C)cs1. The third kappa shape index (κ3) is 4.51. The van der Waals surface area contributed by atoms with Crippen molar-refractivity contribution in [2.75, 3.05) is 0 Å². The summed E-state index contributed by atoms with van der Waals surface area (Å²) in [6.07, 6.45) is -2.12. The largest absolute Gasteiger partial charge is 0.416 e. The lowest BCUT2D eigenvalue weighted by atomic mass is 10.1. The fourth-order valence-electron chi connectivity index (χ4n) is 2.13. The van der Waals surface area contributed by atoms with Crippen LogP contribution in [0.15, 0.2) is 23.8 Å². The zero-order valence-electron chi connectivity index (χ0n) is 12.6. The summed E-state index contributed by atoms with van der Waals surface area (Å²) in [5.41, 5.74) is -0.118. The van der Waals surface area contributed by atoms with Gasteiger partial charge in [-0.2, -0.15) is 13.2 Å². The van der Waals surface area contributed by atoms with Crippen LogP contribution < -0.4 is 5.32 Å². The molecule has 0 aliphatic carbocycles. The number of nitrogens with zero attached hydrogens (tertiary/aromatic N) is 2. The lowest BCUT2D eigenvalue weighted by Crippen LogP contribution is -2.30. The molecule has 0 aliphatic heterocycles. The zero-order valence-corrected chi connectivity index (χ0v) is 13.5. The molecule has 0 radical (unpaired) electrons. The fraction of sp³-hybridized carbons (Fsp3) is 0.400. The molecule has 1 atom stereocenters. The number of thiazole rings is 1. The standard InChI is InChI=1S/C15H16F3N3OS/c1-3-12(14-20-9(2)8-23-14)21-13(22)6-10-7-19-5-4-11(10)15(16,17)18/h4-5,7-8,12H,3,6H2,1-2H3,(H,21,22). The van der Waals surface area contributed by atoms with Crippen LogP contribution in [-0.2, 0) is 17.4 Å². The Morgan fingerprint density at radius 3 is 2.74 bits per heavy atom. The summed E-state index contributed by atoms with van der Waals surface area (Å²) in [5, 5.41) is 5.36. The molecule has 0 spiro atoms. The number of halogens is 3. The first kappa shape index (κ1) is 17.4. The number of hydrogen-bond donors (Lipinski definition) is 1. The van der Waals surface area contributed by atoms with Crippen molar-refractivity contribution in [3.8, 4) is 0 Å². The summed E-state index contributed by atoms with van der Waals surface area (Å²) in [5.74, 6) is -0.483. The van der Waals surface area contributed by atoms with E-state index in [1.54, 1.807) is 0 Å². The van der Waals surface area contributed by atoms with Gasteiger partial charge in [0.25, 0.3) is 0 Å². The molecule has 0 saturated heterocycles. The van der Waals surface area contributed by atoms with Crippen LogP contribution in [0.25, 0.3) is 0 Å². The molecule has 8 heteroatoms. The summed E-state index contributed by atoms with van der Waals surface area (Å²) in [4.78, 5) is 20.1. The highest BCUT2D eigenvalue weighted by Gasteiger charge is 2.33. The van der Waals surface area contributed by atoms with Gasteiger partial charge in [0.05, 0.1) is 18.0 Å². The molecule has 1 unspecified atom stereocenters. The predicted molar refractivity (Wildman–Crippen MR) is 81.0 cm³/mol. The predicted octanol–water partition coefficient (Wildman–Crippen LogP) is 3.68. The number of amides is 1. The smallest absolute Gasteiger partial charge is 0.347 e. The van der Waals surface area contributed by atoms with Gasteiger partial charge in [-0.1, -0.05) is 6.92 Å². The molecule has 2 rings (SSSR count). The molecule has 2 aromatic rings. The molecule has 0 fully saturated rings. The molecule has 2 heterocycles. The first-order valence-electron chi connectivity index (χ1n) is 7.02. The van der Waals surface area contributed by atoms with E-state index in [1.807, 2.05) is 19.2 Å². The normalized spacial score (nSPS) is 12.9. The number of alkyl halides is 3. The van der Waals surface area contributed by atoms with Crippen LogP contribution in [0.4, 0.5) is 13.2 Å². The van der Waals surface area contributed by atoms with Crippen LogP contribution in [0.2, 0.25) is 0 Å². The maximum atomic E-state index is 12.9. The minimum Gasteiger partial charge on any atom is -0.347 e. The Labute approximate surface area is 135 Å². The van der Waals surface area contributed by atoms with Crippen molar-refractivity contribution in [1.29, 1.82) is 0 Å². The van der Waals surface area contributed by atoms with Gasteiger partial charge in [-0.3, -0.25) is 9.78 Å². The fourth-order valence-corrected chi connectivity index (χ4v) is 3.06. The second kappa shape index (κ2) is 7.08. The second-order valence-corrected chi connectivity index (χ2v) is 5.95. The van der Waals surface area contributed by atoms with Crippen molar-refractivity contribution < 1.29 is 18.0 Å². The summed E-state index contributed by atoms with van der Waals surface area (Å²) >= 11 is 1.42. The molecule has 0 aliphatic rings. The number of rotatable bonds is 5. The number of carbonyl (C=O) groups is 1. The Kier molecular flexibility index (Phi) is 5.35. The molecular formula is C15H16F3N3OS. The van der Waals surface area contributed by atoms with Crippen molar-refractivity contribution in [2.45, 2.75) is 38.9 Å². The van der Waals surface area contributed by atoms with E-state index in [9.17, 15) is 18.0 Å². The number of pyridine rings is 1. The minimum atomic E-state index is -4.50. The molecule has 1 amide bonds. The monoisotopic (exact) mass is 343 g/mol. The summed E-state index contributed by atoms with van der Waals surface area (Å²) in [6.45, 7) is 3.73. The number of aryl methyl sites for hydroxylation is 1. The van der Waals surface area contributed by atoms with Gasteiger partial charge in [-0.15, -0.1) is 11.3 Å². The highest BCUT2D eigenvalue weighted by Crippen LogP contribution is 2.31. The van der Waals surface area contributed by atoms with Crippen molar-refractivity contribution >= 4 is 17.2 Å². The number of carbonyl (C=O) groups excluding carboxylic acids is 1. The maximum Gasteiger partial charge on any atom is 0.416 e. The molecule has 23 heavy (non-hydrogen) atoms. The van der Waals surface area contributed by atoms with E-state index in [0.29, 0.717) is 6.42 Å². The van der Waals surface area contributed by atoms with E-state index < -0.39 is 17.6 Å². The Morgan fingerprint density at radius 1 is 1.43 bits per heavy atom. The summed E-state index contributed by atoms with van der Waals surface area (Å²) in [6, 6.07) is 0.580. The average molecular weight is 343 g/mol. The van der Waals surface area contributed by atoms with Crippen LogP contribution in [0.5, 0.6) is 0 Å². The Bertz CT molecular complexity index is 685. The van der Waals surface area contributed by atoms with Gasteiger partial charge in [0.15, 0.2) is 0 Å². The van der Waals surface area contributed by atoms with Gasteiger partial charge in [-0.25, -0.2) is 4.98 Å². The minimum absolute atomic E-state index is 0.136. The molecule has 0 bridgehead atoms. The molecule has 0 saturated carbocycles. The van der Waals surface area contributed by atoms with Crippen LogP contribution in [0.3, 0.4) is 0 Å². The Morgan fingerprint density at radius 2 is 2.17 bits per heavy atom. The third-order valence-corrected chi connectivity index (χ3v) is 4.31. The van der Waals surface area contributed by atoms with Crippen LogP contribution >= 0.6 is 11.3 Å². The van der Waals surface area contributed by atoms with Gasteiger partial charge in [0.1, 0.15) is 5.01 Å². The van der Waals surface area contributed by atoms with Crippen molar-refractivity contribution in [2.24, 2.45) is 0 Å². The quantitative estimate of drug-likeness (QED) is 0.901. The zero-order chi connectivity index (χ0) is 17.0. The van der Waals surface area contributed by atoms with E-state index in [-0.39, 0.29) is 18.0 Å². The first-order valence-corrected chi connectivity index (χ1v) is 7.90. The van der Waals surface area contributed by atoms with E-state index in [1.165, 1.54) is 11.3 Å². The van der Waals surface area contributed by atoms with E-state index in [4.69, 9.17) is 0 Å². The highest BCUT2D eigenvalue weighted by molar-refractivity contribution is 7.09. The molecule has 2 aromatic heterocycles. The number of nitrogens with one attached hydrogen (secondary N) is 1. The first-order chi connectivity index (χ1) is 10.8. The highest BCUT2D eigenvalue weighted by atomic mass is 32.1. The Hall–Kier alpha value is -1.96. The molecule has 124 valence electrons. The molecule has 4 nitrogen and oxygen atoms in total. The lowest BCUT2D eigenvalue weighted by Gasteiger charge is -2.16. The van der Waals surface area contributed by atoms with Gasteiger partial charge in [0.2, 0.25) is 5.91 Å². The molecular weight excluding hydrogens is 327 g/mol. The van der Waals surface area contributed by atoms with E-state index in [0.717, 1.165) is 29.2 Å².